The van der Waals surface area contributed by atoms with E-state index in [2.05, 4.69) is 4.90 Å². The van der Waals surface area contributed by atoms with Crippen LogP contribution in [0.4, 0.5) is 11.4 Å². The SMILES string of the molecule is CCN(CC)CCN(c1cc(OC)c(C)cc1[N+](=O)[O-])S(=O)(=O)c1ccc(C)cc1. The highest BCUT2D eigenvalue weighted by atomic mass is 32.2. The molecule has 0 atom stereocenters. The van der Waals surface area contributed by atoms with Gasteiger partial charge in [0.25, 0.3) is 15.7 Å². The fraction of sp³-hybridized carbons (Fsp3) is 0.429. The van der Waals surface area contributed by atoms with Gasteiger partial charge in [-0.1, -0.05) is 31.5 Å². The van der Waals surface area contributed by atoms with E-state index in [-0.39, 0.29) is 22.8 Å². The Morgan fingerprint density at radius 2 is 1.63 bits per heavy atom. The molecule has 2 aromatic rings. The van der Waals surface area contributed by atoms with Crippen LogP contribution in [0.3, 0.4) is 0 Å². The van der Waals surface area contributed by atoms with Crippen LogP contribution >= 0.6 is 0 Å². The molecule has 0 heterocycles. The van der Waals surface area contributed by atoms with Crippen LogP contribution in [0.15, 0.2) is 41.3 Å². The molecule has 2 rings (SSSR count). The molecule has 0 saturated carbocycles. The number of rotatable bonds is 10. The molecule has 0 spiro atoms. The second kappa shape index (κ2) is 9.90. The van der Waals surface area contributed by atoms with Crippen molar-refractivity contribution in [2.24, 2.45) is 0 Å². The van der Waals surface area contributed by atoms with Crippen LogP contribution in [0.25, 0.3) is 0 Å². The summed E-state index contributed by atoms with van der Waals surface area (Å²) in [6, 6.07) is 9.24. The van der Waals surface area contributed by atoms with E-state index < -0.39 is 14.9 Å². The average molecular weight is 436 g/mol. The van der Waals surface area contributed by atoms with E-state index in [1.165, 1.54) is 31.4 Å². The topological polar surface area (TPSA) is 93.0 Å². The molecule has 0 N–H and O–H groups in total. The van der Waals surface area contributed by atoms with Crippen LogP contribution in [-0.4, -0.2) is 51.5 Å². The van der Waals surface area contributed by atoms with Gasteiger partial charge in [0.2, 0.25) is 0 Å². The number of nitro groups is 1. The lowest BCUT2D eigenvalue weighted by atomic mass is 10.1. The maximum atomic E-state index is 13.5. The van der Waals surface area contributed by atoms with Crippen molar-refractivity contribution in [2.45, 2.75) is 32.6 Å². The summed E-state index contributed by atoms with van der Waals surface area (Å²) in [5, 5.41) is 11.8. The number of hydrogen-bond acceptors (Lipinski definition) is 6. The minimum atomic E-state index is -4.03. The van der Waals surface area contributed by atoms with Crippen molar-refractivity contribution >= 4 is 21.4 Å². The standard InChI is InChI=1S/C21H29N3O5S/c1-6-22(7-2)12-13-23(30(27,28)18-10-8-16(3)9-11-18)19-15-21(29-5)17(4)14-20(19)24(25)26/h8-11,14-15H,6-7,12-13H2,1-5H3. The molecule has 2 aromatic carbocycles. The highest BCUT2D eigenvalue weighted by Gasteiger charge is 2.31. The number of sulfonamides is 1. The van der Waals surface area contributed by atoms with Gasteiger partial charge in [0.05, 0.1) is 16.9 Å². The molecule has 0 fully saturated rings. The molecular weight excluding hydrogens is 406 g/mol. The summed E-state index contributed by atoms with van der Waals surface area (Å²) >= 11 is 0. The monoisotopic (exact) mass is 435 g/mol. The largest absolute Gasteiger partial charge is 0.496 e. The van der Waals surface area contributed by atoms with Crippen LogP contribution in [0, 0.1) is 24.0 Å². The van der Waals surface area contributed by atoms with E-state index >= 15 is 0 Å². The molecule has 8 nitrogen and oxygen atoms in total. The third-order valence-electron chi connectivity index (χ3n) is 5.08. The van der Waals surface area contributed by atoms with Gasteiger partial charge in [-0.2, -0.15) is 0 Å². The number of anilines is 1. The molecule has 9 heteroatoms. The average Bonchev–Trinajstić information content (AvgIpc) is 2.71. The van der Waals surface area contributed by atoms with Crippen molar-refractivity contribution in [3.05, 3.63) is 57.6 Å². The van der Waals surface area contributed by atoms with Crippen LogP contribution in [0.1, 0.15) is 25.0 Å². The minimum Gasteiger partial charge on any atom is -0.496 e. The first kappa shape index (κ1) is 23.6. The fourth-order valence-electron chi connectivity index (χ4n) is 3.21. The van der Waals surface area contributed by atoms with Crippen molar-refractivity contribution in [3.63, 3.8) is 0 Å². The molecular formula is C21H29N3O5S. The van der Waals surface area contributed by atoms with Crippen LogP contribution in [0.5, 0.6) is 5.75 Å². The van der Waals surface area contributed by atoms with Gasteiger partial charge < -0.3 is 9.64 Å². The number of hydrogen-bond donors (Lipinski definition) is 0. The number of nitro benzene ring substituents is 1. The highest BCUT2D eigenvalue weighted by molar-refractivity contribution is 7.92. The van der Waals surface area contributed by atoms with Gasteiger partial charge in [-0.3, -0.25) is 14.4 Å². The third-order valence-corrected chi connectivity index (χ3v) is 6.91. The van der Waals surface area contributed by atoms with Crippen molar-refractivity contribution in [2.75, 3.05) is 37.6 Å². The van der Waals surface area contributed by atoms with Crippen LogP contribution < -0.4 is 9.04 Å². The zero-order valence-electron chi connectivity index (χ0n) is 18.1. The predicted molar refractivity (Wildman–Crippen MR) is 118 cm³/mol. The van der Waals surface area contributed by atoms with Gasteiger partial charge in [-0.25, -0.2) is 8.42 Å². The number of benzene rings is 2. The normalized spacial score (nSPS) is 11.5. The molecule has 164 valence electrons. The maximum Gasteiger partial charge on any atom is 0.294 e. The number of methoxy groups -OCH3 is 1. The maximum absolute atomic E-state index is 13.5. The van der Waals surface area contributed by atoms with E-state index in [4.69, 9.17) is 4.74 Å². The third kappa shape index (κ3) is 5.09. The van der Waals surface area contributed by atoms with Crippen molar-refractivity contribution in [1.29, 1.82) is 0 Å². The highest BCUT2D eigenvalue weighted by Crippen LogP contribution is 2.37. The summed E-state index contributed by atoms with van der Waals surface area (Å²) in [6.45, 7) is 9.52. The van der Waals surface area contributed by atoms with Crippen LogP contribution in [-0.2, 0) is 10.0 Å². The molecule has 0 saturated heterocycles. The summed E-state index contributed by atoms with van der Waals surface area (Å²) in [7, 11) is -2.58. The first-order valence-electron chi connectivity index (χ1n) is 9.80. The molecule has 0 aromatic heterocycles. The van der Waals surface area contributed by atoms with E-state index in [0.717, 1.165) is 23.0 Å². The van der Waals surface area contributed by atoms with E-state index in [1.807, 2.05) is 20.8 Å². The van der Waals surface area contributed by atoms with Crippen LogP contribution in [0.2, 0.25) is 0 Å². The molecule has 0 bridgehead atoms. The van der Waals surface area contributed by atoms with Crippen molar-refractivity contribution in [3.8, 4) is 5.75 Å². The molecule has 0 aliphatic carbocycles. The van der Waals surface area contributed by atoms with E-state index in [0.29, 0.717) is 17.9 Å². The molecule has 30 heavy (non-hydrogen) atoms. The number of ether oxygens (including phenoxy) is 1. The van der Waals surface area contributed by atoms with Gasteiger partial charge in [0.15, 0.2) is 0 Å². The quantitative estimate of drug-likeness (QED) is 0.417. The Morgan fingerprint density at radius 1 is 1.03 bits per heavy atom. The van der Waals surface area contributed by atoms with E-state index in [9.17, 15) is 18.5 Å². The number of likely N-dealkylation sites (N-methyl/N-ethyl adjacent to an activating group) is 1. The van der Waals surface area contributed by atoms with Gasteiger partial charge >= 0.3 is 0 Å². The van der Waals surface area contributed by atoms with Gasteiger partial charge in [-0.15, -0.1) is 0 Å². The lowest BCUT2D eigenvalue weighted by Gasteiger charge is -2.28. The van der Waals surface area contributed by atoms with E-state index in [1.54, 1.807) is 19.1 Å². The predicted octanol–water partition coefficient (Wildman–Crippen LogP) is 3.76. The second-order valence-electron chi connectivity index (χ2n) is 6.98. The van der Waals surface area contributed by atoms with Gasteiger partial charge in [-0.05, 0) is 44.6 Å². The zero-order chi connectivity index (χ0) is 22.5. The van der Waals surface area contributed by atoms with Gasteiger partial charge in [0, 0.05) is 25.2 Å². The summed E-state index contributed by atoms with van der Waals surface area (Å²) in [6.07, 6.45) is 0. The lowest BCUT2D eigenvalue weighted by Crippen LogP contribution is -2.39. The Hall–Kier alpha value is -2.65. The summed E-state index contributed by atoms with van der Waals surface area (Å²) in [5.41, 5.74) is 1.20. The number of nitrogens with zero attached hydrogens (tertiary/aromatic N) is 3. The lowest BCUT2D eigenvalue weighted by molar-refractivity contribution is -0.384. The molecule has 0 radical (unpaired) electrons. The first-order chi connectivity index (χ1) is 14.1. The molecule has 0 aliphatic heterocycles. The summed E-state index contributed by atoms with van der Waals surface area (Å²) in [4.78, 5) is 13.4. The molecule has 0 amide bonds. The number of aryl methyl sites for hydroxylation is 2. The Kier molecular flexibility index (Phi) is 7.80. The second-order valence-corrected chi connectivity index (χ2v) is 8.85. The smallest absolute Gasteiger partial charge is 0.294 e. The summed E-state index contributed by atoms with van der Waals surface area (Å²) < 4.78 is 33.5. The van der Waals surface area contributed by atoms with Crippen molar-refractivity contribution < 1.29 is 18.1 Å². The van der Waals surface area contributed by atoms with Gasteiger partial charge in [0.1, 0.15) is 11.4 Å². The minimum absolute atomic E-state index is 0.00446. The Morgan fingerprint density at radius 3 is 2.13 bits per heavy atom. The Labute approximate surface area is 178 Å². The fourth-order valence-corrected chi connectivity index (χ4v) is 4.67. The zero-order valence-corrected chi connectivity index (χ0v) is 18.9. The molecule has 0 aliphatic rings. The van der Waals surface area contributed by atoms with Crippen molar-refractivity contribution in [1.82, 2.24) is 4.90 Å². The Balaban J connectivity index is 2.67. The summed E-state index contributed by atoms with van der Waals surface area (Å²) in [5.74, 6) is 0.391. The molecule has 0 unspecified atom stereocenters. The Bertz CT molecular complexity index is 986. The first-order valence-corrected chi connectivity index (χ1v) is 11.2.